The Morgan fingerprint density at radius 1 is 0.872 bits per heavy atom. The molecule has 0 heterocycles. The van der Waals surface area contributed by atoms with E-state index in [9.17, 15) is 9.36 Å². The van der Waals surface area contributed by atoms with Crippen molar-refractivity contribution in [2.24, 2.45) is 0 Å². The summed E-state index contributed by atoms with van der Waals surface area (Å²) in [7, 11) is -3.04. The summed E-state index contributed by atoms with van der Waals surface area (Å²) >= 11 is 0. The number of rotatable bonds is 20. The van der Waals surface area contributed by atoms with Gasteiger partial charge in [0.15, 0.2) is 0 Å². The number of carbonyl (C=O) groups is 1. The number of phosphoric ester groups is 1. The maximum atomic E-state index is 13.1. The quantitative estimate of drug-likeness (QED) is 0.123. The van der Waals surface area contributed by atoms with Crippen LogP contribution in [0.1, 0.15) is 75.8 Å². The number of aryl methyl sites for hydroxylation is 1. The lowest BCUT2D eigenvalue weighted by molar-refractivity contribution is -0.132. The van der Waals surface area contributed by atoms with Crippen LogP contribution in [0.4, 0.5) is 0 Å². The largest absolute Gasteiger partial charge is 0.497 e. The van der Waals surface area contributed by atoms with Crippen LogP contribution in [0.2, 0.25) is 0 Å². The zero-order chi connectivity index (χ0) is 27.6. The molecule has 0 aromatic heterocycles. The van der Waals surface area contributed by atoms with Gasteiger partial charge < -0.3 is 30.3 Å². The number of phosphoric acid groups is 1. The Bertz CT molecular complexity index is 999. The molecular formula is C29H47N2O7P. The Balaban J connectivity index is 0.00000760. The van der Waals surface area contributed by atoms with Crippen molar-refractivity contribution in [1.82, 2.24) is 11.1 Å². The standard InChI is InChI=1S/C29H44NO7P.H3N/c1-3-4-5-6-7-8-9-10-20-36-28-16-11-13-25(22-28)17-18-29(31)30(19-21-37-38(32,33)34)24-26-14-12-15-27(23-26)35-2;/h11-16,22-23H,3-10,17-21,24H2,1-2H3,(H2,32,33,34);1H3. The van der Waals surface area contributed by atoms with Gasteiger partial charge in [0.1, 0.15) is 11.5 Å². The van der Waals surface area contributed by atoms with Gasteiger partial charge in [0.2, 0.25) is 5.91 Å². The maximum Gasteiger partial charge on any atom is 0.469 e. The number of ether oxygens (including phenoxy) is 2. The summed E-state index contributed by atoms with van der Waals surface area (Å²) in [6.45, 7) is 3.00. The van der Waals surface area contributed by atoms with Crippen LogP contribution in [-0.2, 0) is 26.8 Å². The predicted octanol–water partition coefficient (Wildman–Crippen LogP) is 6.45. The summed E-state index contributed by atoms with van der Waals surface area (Å²) in [6, 6.07) is 15.2. The molecule has 220 valence electrons. The molecular weight excluding hydrogens is 519 g/mol. The first-order valence-corrected chi connectivity index (χ1v) is 15.2. The molecule has 9 nitrogen and oxygen atoms in total. The van der Waals surface area contributed by atoms with Crippen LogP contribution >= 0.6 is 7.82 Å². The van der Waals surface area contributed by atoms with Crippen molar-refractivity contribution in [3.05, 3.63) is 59.7 Å². The Morgan fingerprint density at radius 2 is 1.49 bits per heavy atom. The molecule has 0 unspecified atom stereocenters. The lowest BCUT2D eigenvalue weighted by Gasteiger charge is -2.23. The average molecular weight is 567 g/mol. The molecule has 39 heavy (non-hydrogen) atoms. The minimum atomic E-state index is -4.61. The Labute approximate surface area is 233 Å². The second-order valence-corrected chi connectivity index (χ2v) is 10.7. The molecule has 0 fully saturated rings. The third-order valence-electron chi connectivity index (χ3n) is 6.27. The second-order valence-electron chi connectivity index (χ2n) is 9.46. The molecule has 0 aliphatic heterocycles. The van der Waals surface area contributed by atoms with E-state index in [2.05, 4.69) is 11.4 Å². The fourth-order valence-electron chi connectivity index (χ4n) is 4.18. The van der Waals surface area contributed by atoms with Crippen molar-refractivity contribution in [1.29, 1.82) is 0 Å². The summed E-state index contributed by atoms with van der Waals surface area (Å²) in [5.74, 6) is 1.35. The molecule has 0 aliphatic carbocycles. The van der Waals surface area contributed by atoms with Crippen molar-refractivity contribution >= 4 is 13.7 Å². The van der Waals surface area contributed by atoms with E-state index in [1.807, 2.05) is 48.5 Å². The fraction of sp³-hybridized carbons (Fsp3) is 0.552. The van der Waals surface area contributed by atoms with Crippen LogP contribution in [0.25, 0.3) is 0 Å². The van der Waals surface area contributed by atoms with Gasteiger partial charge in [-0.2, -0.15) is 0 Å². The monoisotopic (exact) mass is 566 g/mol. The van der Waals surface area contributed by atoms with E-state index >= 15 is 0 Å². The third-order valence-corrected chi connectivity index (χ3v) is 6.79. The van der Waals surface area contributed by atoms with Gasteiger partial charge in [-0.1, -0.05) is 76.1 Å². The molecule has 0 saturated carbocycles. The summed E-state index contributed by atoms with van der Waals surface area (Å²) in [6.07, 6.45) is 10.8. The van der Waals surface area contributed by atoms with Gasteiger partial charge in [-0.15, -0.1) is 0 Å². The number of nitrogens with zero attached hydrogens (tertiary/aromatic N) is 1. The molecule has 2 aromatic rings. The zero-order valence-corrected chi connectivity index (χ0v) is 24.4. The smallest absolute Gasteiger partial charge is 0.469 e. The number of hydrogen-bond donors (Lipinski definition) is 3. The lowest BCUT2D eigenvalue weighted by Crippen LogP contribution is -2.33. The van der Waals surface area contributed by atoms with Gasteiger partial charge in [-0.05, 0) is 48.2 Å². The molecule has 0 saturated heterocycles. The van der Waals surface area contributed by atoms with Crippen LogP contribution in [0.3, 0.4) is 0 Å². The van der Waals surface area contributed by atoms with E-state index in [1.165, 1.54) is 44.9 Å². The van der Waals surface area contributed by atoms with Gasteiger partial charge in [0.05, 0.1) is 20.3 Å². The van der Waals surface area contributed by atoms with E-state index in [0.29, 0.717) is 18.8 Å². The van der Waals surface area contributed by atoms with Crippen LogP contribution in [-0.4, -0.2) is 47.5 Å². The van der Waals surface area contributed by atoms with Gasteiger partial charge in [0.25, 0.3) is 0 Å². The van der Waals surface area contributed by atoms with E-state index < -0.39 is 7.82 Å². The normalized spacial score (nSPS) is 11.1. The Hall–Kier alpha value is -2.42. The SMILES string of the molecule is CCCCCCCCCCOc1cccc(CCC(=O)N(CCOP(=O)(O)O)Cc2cccc(OC)c2)c1.N. The van der Waals surface area contributed by atoms with E-state index in [-0.39, 0.29) is 38.2 Å². The van der Waals surface area contributed by atoms with Crippen LogP contribution in [0.15, 0.2) is 48.5 Å². The van der Waals surface area contributed by atoms with E-state index in [1.54, 1.807) is 12.0 Å². The summed E-state index contributed by atoms with van der Waals surface area (Å²) in [5.41, 5.74) is 1.85. The molecule has 2 aromatic carbocycles. The second kappa shape index (κ2) is 19.6. The molecule has 5 N–H and O–H groups in total. The first-order chi connectivity index (χ1) is 18.3. The summed E-state index contributed by atoms with van der Waals surface area (Å²) in [5, 5.41) is 0. The molecule has 0 radical (unpaired) electrons. The highest BCUT2D eigenvalue weighted by Crippen LogP contribution is 2.35. The number of benzene rings is 2. The van der Waals surface area contributed by atoms with Crippen molar-refractivity contribution in [2.75, 3.05) is 26.9 Å². The number of hydrogen-bond acceptors (Lipinski definition) is 6. The fourth-order valence-corrected chi connectivity index (χ4v) is 4.50. The van der Waals surface area contributed by atoms with Gasteiger partial charge in [-0.25, -0.2) is 4.57 Å². The molecule has 0 spiro atoms. The van der Waals surface area contributed by atoms with Crippen molar-refractivity contribution in [2.45, 2.75) is 77.7 Å². The average Bonchev–Trinajstić information content (AvgIpc) is 2.90. The molecule has 1 amide bonds. The Kier molecular flexibility index (Phi) is 17.4. The lowest BCUT2D eigenvalue weighted by atomic mass is 10.1. The zero-order valence-electron chi connectivity index (χ0n) is 23.6. The van der Waals surface area contributed by atoms with E-state index in [0.717, 1.165) is 23.3 Å². The van der Waals surface area contributed by atoms with Crippen LogP contribution < -0.4 is 15.6 Å². The van der Waals surface area contributed by atoms with Gasteiger partial charge >= 0.3 is 7.82 Å². The highest BCUT2D eigenvalue weighted by atomic mass is 31.2. The minimum absolute atomic E-state index is 0. The number of unbranched alkanes of at least 4 members (excludes halogenated alkanes) is 7. The molecule has 2 rings (SSSR count). The third kappa shape index (κ3) is 15.7. The van der Waals surface area contributed by atoms with Crippen molar-refractivity contribution in [3.63, 3.8) is 0 Å². The molecule has 0 atom stereocenters. The maximum absolute atomic E-state index is 13.1. The van der Waals surface area contributed by atoms with Crippen molar-refractivity contribution in [3.8, 4) is 11.5 Å². The molecule has 0 bridgehead atoms. The van der Waals surface area contributed by atoms with E-state index in [4.69, 9.17) is 19.3 Å². The topological polar surface area (TPSA) is 141 Å². The van der Waals surface area contributed by atoms with Crippen LogP contribution in [0.5, 0.6) is 11.5 Å². The van der Waals surface area contributed by atoms with Crippen molar-refractivity contribution < 1.29 is 33.1 Å². The van der Waals surface area contributed by atoms with Gasteiger partial charge in [0, 0.05) is 19.5 Å². The first kappa shape index (κ1) is 34.6. The number of carbonyl (C=O) groups excluding carboxylic acids is 1. The van der Waals surface area contributed by atoms with Gasteiger partial charge in [-0.3, -0.25) is 9.32 Å². The predicted molar refractivity (Wildman–Crippen MR) is 154 cm³/mol. The molecule has 10 heteroatoms. The summed E-state index contributed by atoms with van der Waals surface area (Å²) in [4.78, 5) is 32.6. The minimum Gasteiger partial charge on any atom is -0.497 e. The number of methoxy groups -OCH3 is 1. The van der Waals surface area contributed by atoms with Crippen LogP contribution in [0, 0.1) is 0 Å². The number of amides is 1. The molecule has 0 aliphatic rings. The Morgan fingerprint density at radius 3 is 2.15 bits per heavy atom. The first-order valence-electron chi connectivity index (χ1n) is 13.6. The highest BCUT2D eigenvalue weighted by Gasteiger charge is 2.18. The highest BCUT2D eigenvalue weighted by molar-refractivity contribution is 7.46. The summed E-state index contributed by atoms with van der Waals surface area (Å²) < 4.78 is 26.9.